The van der Waals surface area contributed by atoms with Crippen LogP contribution in [-0.2, 0) is 4.74 Å². The number of β-amino-alcohol motifs (C(OH)–C–C–N with tert-alkyl or cyclic N) is 1. The van der Waals surface area contributed by atoms with E-state index in [0.717, 1.165) is 12.8 Å². The Bertz CT molecular complexity index is 417. The first kappa shape index (κ1) is 21.4. The standard InChI is InChI=1S/C18H36NO4Si/c1-13(2)18(5,24(6)7)9-8-17(3,4)23-16(22)19-11-15(21)10-14(19)12-20/h13-15,20-21H,8-12H2,1-7H3/q+1/t14-,15-,18?/m1/s1. The van der Waals surface area contributed by atoms with E-state index in [1.165, 1.54) is 4.90 Å². The van der Waals surface area contributed by atoms with Gasteiger partial charge in [0.25, 0.3) is 0 Å². The van der Waals surface area contributed by atoms with Crippen LogP contribution in [0.25, 0.3) is 0 Å². The highest BCUT2D eigenvalue weighted by Gasteiger charge is 2.45. The van der Waals surface area contributed by atoms with Crippen molar-refractivity contribution < 1.29 is 19.7 Å². The number of aliphatic hydroxyl groups excluding tert-OH is 2. The van der Waals surface area contributed by atoms with Crippen LogP contribution in [0.1, 0.15) is 53.9 Å². The Morgan fingerprint density at radius 2 is 1.88 bits per heavy atom. The van der Waals surface area contributed by atoms with Gasteiger partial charge in [0.2, 0.25) is 0 Å². The molecular weight excluding hydrogens is 322 g/mol. The van der Waals surface area contributed by atoms with E-state index in [9.17, 15) is 15.0 Å². The summed E-state index contributed by atoms with van der Waals surface area (Å²) in [6.07, 6.45) is 1.24. The molecule has 6 heteroatoms. The van der Waals surface area contributed by atoms with Gasteiger partial charge in [-0.05, 0) is 46.0 Å². The Hall–Kier alpha value is -0.593. The summed E-state index contributed by atoms with van der Waals surface area (Å²) in [6, 6.07) is -0.342. The van der Waals surface area contributed by atoms with E-state index in [-0.39, 0.29) is 19.2 Å². The number of nitrogens with zero attached hydrogens (tertiary/aromatic N) is 1. The topological polar surface area (TPSA) is 70.0 Å². The van der Waals surface area contributed by atoms with Crippen molar-refractivity contribution in [3.63, 3.8) is 0 Å². The van der Waals surface area contributed by atoms with E-state index in [2.05, 4.69) is 33.9 Å². The zero-order chi connectivity index (χ0) is 18.7. The molecule has 0 aliphatic carbocycles. The number of hydrogen-bond donors (Lipinski definition) is 2. The molecule has 0 spiro atoms. The molecule has 1 heterocycles. The van der Waals surface area contributed by atoms with Crippen molar-refractivity contribution in [3.8, 4) is 0 Å². The Kier molecular flexibility index (Phi) is 7.32. The number of carbonyl (C=O) groups excluding carboxylic acids is 1. The van der Waals surface area contributed by atoms with Gasteiger partial charge < -0.3 is 19.8 Å². The highest BCUT2D eigenvalue weighted by atomic mass is 28.3. The van der Waals surface area contributed by atoms with Crippen LogP contribution in [0.2, 0.25) is 18.1 Å². The average Bonchev–Trinajstić information content (AvgIpc) is 2.85. The summed E-state index contributed by atoms with van der Waals surface area (Å²) in [5.41, 5.74) is -0.557. The van der Waals surface area contributed by atoms with E-state index in [1.807, 2.05) is 13.8 Å². The van der Waals surface area contributed by atoms with Gasteiger partial charge in [-0.1, -0.05) is 13.8 Å². The van der Waals surface area contributed by atoms with E-state index in [1.54, 1.807) is 0 Å². The molecule has 1 amide bonds. The maximum Gasteiger partial charge on any atom is 0.410 e. The minimum atomic E-state index is -0.576. The monoisotopic (exact) mass is 358 g/mol. The third-order valence-corrected chi connectivity index (χ3v) is 8.98. The lowest BCUT2D eigenvalue weighted by Crippen LogP contribution is -2.43. The molecule has 3 atom stereocenters. The zero-order valence-electron chi connectivity index (χ0n) is 16.4. The van der Waals surface area contributed by atoms with Crippen molar-refractivity contribution >= 4 is 14.9 Å². The van der Waals surface area contributed by atoms with Gasteiger partial charge >= 0.3 is 14.9 Å². The molecule has 2 N–H and O–H groups in total. The quantitative estimate of drug-likeness (QED) is 0.685. The molecule has 0 aromatic carbocycles. The van der Waals surface area contributed by atoms with Gasteiger partial charge in [-0.15, -0.1) is 0 Å². The average molecular weight is 359 g/mol. The van der Waals surface area contributed by atoms with Gasteiger partial charge in [-0.25, -0.2) is 4.79 Å². The second-order valence-corrected chi connectivity index (χ2v) is 11.7. The van der Waals surface area contributed by atoms with Gasteiger partial charge in [-0.2, -0.15) is 0 Å². The number of aliphatic hydroxyl groups is 2. The molecule has 1 saturated heterocycles. The van der Waals surface area contributed by atoms with Gasteiger partial charge in [0.05, 0.1) is 43.4 Å². The zero-order valence-corrected chi connectivity index (χ0v) is 17.4. The van der Waals surface area contributed by atoms with Crippen LogP contribution in [0, 0.1) is 5.92 Å². The number of ether oxygens (including phenoxy) is 1. The Labute approximate surface area is 149 Å². The summed E-state index contributed by atoms with van der Waals surface area (Å²) in [7, 11) is -0.473. The SMILES string of the molecule is CC(C)C(C)(CCC(C)(C)OC(=O)N1C[C@H](O)C[C@@H]1CO)[Si+](C)C. The molecule has 0 bridgehead atoms. The van der Waals surface area contributed by atoms with Crippen LogP contribution in [0.4, 0.5) is 4.79 Å². The van der Waals surface area contributed by atoms with Crippen LogP contribution in [0.3, 0.4) is 0 Å². The highest BCUT2D eigenvalue weighted by Crippen LogP contribution is 2.44. The number of amides is 1. The molecule has 0 saturated carbocycles. The maximum absolute atomic E-state index is 12.5. The normalized spacial score (nSPS) is 24.2. The molecule has 140 valence electrons. The summed E-state index contributed by atoms with van der Waals surface area (Å²) in [6.45, 7) is 15.6. The van der Waals surface area contributed by atoms with Crippen LogP contribution < -0.4 is 0 Å². The van der Waals surface area contributed by atoms with Crippen molar-refractivity contribution in [2.24, 2.45) is 5.92 Å². The molecule has 1 aliphatic heterocycles. The third kappa shape index (κ3) is 5.20. The molecule has 1 aliphatic rings. The van der Waals surface area contributed by atoms with E-state index in [0.29, 0.717) is 17.4 Å². The van der Waals surface area contributed by atoms with E-state index in [4.69, 9.17) is 4.74 Å². The smallest absolute Gasteiger partial charge is 0.410 e. The summed E-state index contributed by atoms with van der Waals surface area (Å²) in [5, 5.41) is 19.4. The van der Waals surface area contributed by atoms with Gasteiger partial charge in [-0.3, -0.25) is 0 Å². The number of hydrogen-bond acceptors (Lipinski definition) is 4. The highest BCUT2D eigenvalue weighted by molar-refractivity contribution is 6.59. The molecule has 0 radical (unpaired) electrons. The first-order valence-electron chi connectivity index (χ1n) is 9.02. The predicted octanol–water partition coefficient (Wildman–Crippen LogP) is 3.28. The van der Waals surface area contributed by atoms with Crippen molar-refractivity contribution in [2.75, 3.05) is 13.2 Å². The molecule has 5 nitrogen and oxygen atoms in total. The fourth-order valence-corrected chi connectivity index (χ4v) is 5.09. The van der Waals surface area contributed by atoms with Gasteiger partial charge in [0, 0.05) is 0 Å². The van der Waals surface area contributed by atoms with Crippen molar-refractivity contribution in [1.82, 2.24) is 4.90 Å². The number of carbonyl (C=O) groups is 1. The molecule has 1 fully saturated rings. The molecule has 1 rings (SSSR count). The Morgan fingerprint density at radius 3 is 2.33 bits per heavy atom. The summed E-state index contributed by atoms with van der Waals surface area (Å²) >= 11 is 0. The Morgan fingerprint density at radius 1 is 1.29 bits per heavy atom. The largest absolute Gasteiger partial charge is 0.443 e. The molecular formula is C18H36NO4Si+. The number of rotatable bonds is 7. The minimum Gasteiger partial charge on any atom is -0.443 e. The van der Waals surface area contributed by atoms with Crippen LogP contribution in [0.5, 0.6) is 0 Å². The summed E-state index contributed by atoms with van der Waals surface area (Å²) < 4.78 is 5.73. The fraction of sp³-hybridized carbons (Fsp3) is 0.944. The molecule has 24 heavy (non-hydrogen) atoms. The first-order chi connectivity index (χ1) is 10.9. The van der Waals surface area contributed by atoms with Crippen molar-refractivity contribution in [2.45, 2.75) is 89.8 Å². The minimum absolute atomic E-state index is 0.143. The summed E-state index contributed by atoms with van der Waals surface area (Å²) in [5.74, 6) is 0.598. The van der Waals surface area contributed by atoms with Crippen LogP contribution in [-0.4, -0.2) is 60.9 Å². The van der Waals surface area contributed by atoms with Crippen LogP contribution in [0.15, 0.2) is 0 Å². The fourth-order valence-electron chi connectivity index (χ4n) is 3.31. The second kappa shape index (κ2) is 8.19. The van der Waals surface area contributed by atoms with E-state index < -0.39 is 26.6 Å². The maximum atomic E-state index is 12.5. The molecule has 0 aromatic heterocycles. The van der Waals surface area contributed by atoms with Crippen LogP contribution >= 0.6 is 0 Å². The lowest BCUT2D eigenvalue weighted by molar-refractivity contribution is -0.00205. The van der Waals surface area contributed by atoms with Crippen molar-refractivity contribution in [1.29, 1.82) is 0 Å². The molecule has 0 aromatic rings. The number of likely N-dealkylation sites (tertiary alicyclic amines) is 1. The molecule has 1 unspecified atom stereocenters. The first-order valence-corrected chi connectivity index (χ1v) is 11.5. The van der Waals surface area contributed by atoms with Gasteiger partial charge in [0.15, 0.2) is 0 Å². The van der Waals surface area contributed by atoms with E-state index >= 15 is 0 Å². The van der Waals surface area contributed by atoms with Crippen molar-refractivity contribution in [3.05, 3.63) is 0 Å². The van der Waals surface area contributed by atoms with Gasteiger partial charge in [0.1, 0.15) is 5.60 Å². The lowest BCUT2D eigenvalue weighted by Gasteiger charge is -2.34. The lowest BCUT2D eigenvalue weighted by atomic mass is 9.87. The Balaban J connectivity index is 2.67. The third-order valence-electron chi connectivity index (χ3n) is 5.86. The second-order valence-electron chi connectivity index (χ2n) is 8.58. The predicted molar refractivity (Wildman–Crippen MR) is 98.7 cm³/mol. The summed E-state index contributed by atoms with van der Waals surface area (Å²) in [4.78, 5) is 13.9.